The van der Waals surface area contributed by atoms with Gasteiger partial charge in [0.15, 0.2) is 0 Å². The van der Waals surface area contributed by atoms with E-state index < -0.39 is 0 Å². The molecule has 23 heavy (non-hydrogen) atoms. The smallest absolute Gasteiger partial charge is 0.318 e. The predicted octanol–water partition coefficient (Wildman–Crippen LogP) is 3.41. The van der Waals surface area contributed by atoms with Crippen LogP contribution in [0.15, 0.2) is 54.6 Å². The first-order valence-electron chi connectivity index (χ1n) is 7.50. The van der Waals surface area contributed by atoms with E-state index >= 15 is 0 Å². The lowest BCUT2D eigenvalue weighted by molar-refractivity contribution is 0.199. The summed E-state index contributed by atoms with van der Waals surface area (Å²) < 4.78 is 13.2. The van der Waals surface area contributed by atoms with Crippen LogP contribution in [0.4, 0.5) is 9.18 Å². The van der Waals surface area contributed by atoms with Gasteiger partial charge in [-0.15, -0.1) is 0 Å². The van der Waals surface area contributed by atoms with Gasteiger partial charge in [-0.2, -0.15) is 0 Å². The molecule has 3 nitrogen and oxygen atoms in total. The van der Waals surface area contributed by atoms with Gasteiger partial charge in [-0.1, -0.05) is 42.2 Å². The molecule has 2 amide bonds. The van der Waals surface area contributed by atoms with Crippen molar-refractivity contribution >= 4 is 6.03 Å². The summed E-state index contributed by atoms with van der Waals surface area (Å²) in [6, 6.07) is 15.6. The van der Waals surface area contributed by atoms with Crippen molar-refractivity contribution in [2.75, 3.05) is 13.1 Å². The summed E-state index contributed by atoms with van der Waals surface area (Å²) in [7, 11) is 0. The van der Waals surface area contributed by atoms with Crippen LogP contribution in [-0.4, -0.2) is 24.0 Å². The summed E-state index contributed by atoms with van der Waals surface area (Å²) in [5, 5.41) is 2.76. The van der Waals surface area contributed by atoms with Crippen LogP contribution >= 0.6 is 0 Å². The molecule has 1 N–H and O–H groups in total. The molecular formula is C19H19FN2O. The number of hydrogen-bond acceptors (Lipinski definition) is 1. The average Bonchev–Trinajstić information content (AvgIpc) is 2.57. The Labute approximate surface area is 136 Å². The molecule has 2 rings (SSSR count). The quantitative estimate of drug-likeness (QED) is 0.862. The van der Waals surface area contributed by atoms with Crippen molar-refractivity contribution in [3.8, 4) is 11.8 Å². The highest BCUT2D eigenvalue weighted by Crippen LogP contribution is 2.07. The van der Waals surface area contributed by atoms with E-state index in [4.69, 9.17) is 0 Å². The molecule has 0 unspecified atom stereocenters. The summed E-state index contributed by atoms with van der Waals surface area (Å²) >= 11 is 0. The third-order valence-electron chi connectivity index (χ3n) is 3.27. The van der Waals surface area contributed by atoms with E-state index in [1.807, 2.05) is 37.3 Å². The fraction of sp³-hybridized carbons (Fsp3) is 0.211. The van der Waals surface area contributed by atoms with E-state index in [0.717, 1.165) is 11.1 Å². The molecule has 2 aromatic rings. The Hall–Kier alpha value is -2.80. The third-order valence-corrected chi connectivity index (χ3v) is 3.27. The van der Waals surface area contributed by atoms with Crippen LogP contribution in [0.5, 0.6) is 0 Å². The second-order valence-electron chi connectivity index (χ2n) is 4.97. The molecule has 0 spiro atoms. The topological polar surface area (TPSA) is 32.3 Å². The van der Waals surface area contributed by atoms with Gasteiger partial charge in [0.1, 0.15) is 5.82 Å². The molecule has 0 saturated carbocycles. The van der Waals surface area contributed by atoms with Crippen molar-refractivity contribution in [2.24, 2.45) is 0 Å². The van der Waals surface area contributed by atoms with E-state index in [1.165, 1.54) is 12.1 Å². The molecule has 0 bridgehead atoms. The van der Waals surface area contributed by atoms with Gasteiger partial charge in [0.05, 0.1) is 6.54 Å². The monoisotopic (exact) mass is 310 g/mol. The number of nitrogens with zero attached hydrogens (tertiary/aromatic N) is 1. The largest absolute Gasteiger partial charge is 0.327 e. The van der Waals surface area contributed by atoms with Gasteiger partial charge in [-0.05, 0) is 36.8 Å². The second kappa shape index (κ2) is 8.60. The predicted molar refractivity (Wildman–Crippen MR) is 89.2 cm³/mol. The number of amides is 2. The van der Waals surface area contributed by atoms with Crippen LogP contribution < -0.4 is 5.32 Å². The van der Waals surface area contributed by atoms with Crippen molar-refractivity contribution in [3.05, 3.63) is 71.5 Å². The average molecular weight is 310 g/mol. The maximum atomic E-state index is 13.2. The Kier molecular flexibility index (Phi) is 6.19. The van der Waals surface area contributed by atoms with E-state index in [-0.39, 0.29) is 18.4 Å². The first-order valence-corrected chi connectivity index (χ1v) is 7.50. The van der Waals surface area contributed by atoms with Gasteiger partial charge >= 0.3 is 6.03 Å². The Bertz CT molecular complexity index is 704. The number of halogens is 1. The summed E-state index contributed by atoms with van der Waals surface area (Å²) in [6.45, 7) is 3.06. The highest BCUT2D eigenvalue weighted by atomic mass is 19.1. The molecule has 0 aromatic heterocycles. The lowest BCUT2D eigenvalue weighted by Gasteiger charge is -2.20. The third kappa shape index (κ3) is 5.48. The van der Waals surface area contributed by atoms with Crippen molar-refractivity contribution in [1.82, 2.24) is 10.2 Å². The number of carbonyl (C=O) groups is 1. The van der Waals surface area contributed by atoms with Gasteiger partial charge in [0.2, 0.25) is 0 Å². The maximum absolute atomic E-state index is 13.2. The molecule has 0 saturated heterocycles. The molecule has 0 aliphatic carbocycles. The molecule has 0 radical (unpaired) electrons. The van der Waals surface area contributed by atoms with Crippen LogP contribution in [0.2, 0.25) is 0 Å². The number of rotatable bonds is 4. The van der Waals surface area contributed by atoms with Crippen molar-refractivity contribution in [1.29, 1.82) is 0 Å². The molecule has 0 fully saturated rings. The highest BCUT2D eigenvalue weighted by molar-refractivity contribution is 5.74. The molecule has 0 aliphatic heterocycles. The fourth-order valence-corrected chi connectivity index (χ4v) is 2.08. The van der Waals surface area contributed by atoms with Crippen LogP contribution in [0, 0.1) is 17.7 Å². The van der Waals surface area contributed by atoms with Crippen LogP contribution in [-0.2, 0) is 6.54 Å². The fourth-order valence-electron chi connectivity index (χ4n) is 2.08. The van der Waals surface area contributed by atoms with Crippen molar-refractivity contribution in [2.45, 2.75) is 13.5 Å². The zero-order chi connectivity index (χ0) is 16.5. The Morgan fingerprint density at radius 1 is 1.17 bits per heavy atom. The molecule has 0 aliphatic rings. The van der Waals surface area contributed by atoms with E-state index in [1.54, 1.807) is 17.0 Å². The highest BCUT2D eigenvalue weighted by Gasteiger charge is 2.11. The van der Waals surface area contributed by atoms with Gasteiger partial charge in [-0.3, -0.25) is 0 Å². The van der Waals surface area contributed by atoms with Crippen LogP contribution in [0.1, 0.15) is 18.1 Å². The van der Waals surface area contributed by atoms with E-state index in [2.05, 4.69) is 17.2 Å². The summed E-state index contributed by atoms with van der Waals surface area (Å²) in [5.74, 6) is 5.60. The summed E-state index contributed by atoms with van der Waals surface area (Å²) in [5.41, 5.74) is 1.67. The molecule has 118 valence electrons. The maximum Gasteiger partial charge on any atom is 0.318 e. The Balaban J connectivity index is 1.87. The lowest BCUT2D eigenvalue weighted by atomic mass is 10.2. The number of carbonyl (C=O) groups excluding carboxylic acids is 1. The molecule has 4 heteroatoms. The van der Waals surface area contributed by atoms with Crippen LogP contribution in [0.3, 0.4) is 0 Å². The number of hydrogen-bond donors (Lipinski definition) is 1. The molecule has 0 atom stereocenters. The van der Waals surface area contributed by atoms with E-state index in [0.29, 0.717) is 13.1 Å². The van der Waals surface area contributed by atoms with E-state index in [9.17, 15) is 9.18 Å². The second-order valence-corrected chi connectivity index (χ2v) is 4.97. The number of nitrogens with one attached hydrogen (secondary N) is 1. The van der Waals surface area contributed by atoms with Crippen molar-refractivity contribution in [3.63, 3.8) is 0 Å². The summed E-state index contributed by atoms with van der Waals surface area (Å²) in [6.07, 6.45) is 0. The number of benzene rings is 2. The lowest BCUT2D eigenvalue weighted by Crippen LogP contribution is -2.39. The minimum absolute atomic E-state index is 0.209. The Morgan fingerprint density at radius 3 is 2.65 bits per heavy atom. The van der Waals surface area contributed by atoms with Gasteiger partial charge in [-0.25, -0.2) is 9.18 Å². The first-order chi connectivity index (χ1) is 11.2. The van der Waals surface area contributed by atoms with Gasteiger partial charge < -0.3 is 10.2 Å². The Morgan fingerprint density at radius 2 is 1.96 bits per heavy atom. The van der Waals surface area contributed by atoms with Crippen molar-refractivity contribution < 1.29 is 9.18 Å². The molecule has 0 heterocycles. The minimum atomic E-state index is -0.298. The zero-order valence-electron chi connectivity index (χ0n) is 13.1. The summed E-state index contributed by atoms with van der Waals surface area (Å²) in [4.78, 5) is 13.7. The van der Waals surface area contributed by atoms with Crippen LogP contribution in [0.25, 0.3) is 0 Å². The van der Waals surface area contributed by atoms with Gasteiger partial charge in [0, 0.05) is 18.7 Å². The van der Waals surface area contributed by atoms with Gasteiger partial charge in [0.25, 0.3) is 0 Å². The first kappa shape index (κ1) is 16.6. The standard InChI is InChI=1S/C19H19FN2O/c1-2-22(15-17-10-6-12-18(20)14-17)19(23)21-13-7-11-16-8-4-3-5-9-16/h3-6,8-10,12,14H,2,13,15H2,1H3,(H,21,23). The zero-order valence-corrected chi connectivity index (χ0v) is 13.1. The minimum Gasteiger partial charge on any atom is -0.327 e. The molecule has 2 aromatic carbocycles. The normalized spacial score (nSPS) is 9.65. The molecular weight excluding hydrogens is 291 g/mol. The number of urea groups is 1. The SMILES string of the molecule is CCN(Cc1cccc(F)c1)C(=O)NCC#Cc1ccccc1.